The molecule has 0 aliphatic rings. The van der Waals surface area contributed by atoms with E-state index in [2.05, 4.69) is 0 Å². The lowest BCUT2D eigenvalue weighted by Gasteiger charge is -2.05. The molecule has 2 rings (SSSR count). The van der Waals surface area contributed by atoms with E-state index in [-0.39, 0.29) is 5.03 Å². The Hall–Kier alpha value is -1.59. The van der Waals surface area contributed by atoms with Crippen molar-refractivity contribution in [1.82, 2.24) is 4.57 Å². The number of hydrogen-bond donors (Lipinski definition) is 1. The molecule has 0 aliphatic carbocycles. The van der Waals surface area contributed by atoms with Crippen LogP contribution in [0, 0.1) is 0 Å². The fourth-order valence-electron chi connectivity index (χ4n) is 1.38. The molecule has 0 radical (unpaired) electrons. The second kappa shape index (κ2) is 3.52. The molecule has 0 saturated heterocycles. The Kier molecular flexibility index (Phi) is 2.34. The van der Waals surface area contributed by atoms with Crippen molar-refractivity contribution in [3.63, 3.8) is 0 Å². The average Bonchev–Trinajstić information content (AvgIpc) is 2.67. The standard InChI is InChI=1S/C10H9NO3S/c12-15(13,14)10-7-4-8-11(10)9-5-2-1-3-6-9/h1-8H,(H,12,13,14). The van der Waals surface area contributed by atoms with Gasteiger partial charge in [0.2, 0.25) is 0 Å². The lowest BCUT2D eigenvalue weighted by atomic mass is 10.3. The highest BCUT2D eigenvalue weighted by atomic mass is 32.2. The number of rotatable bonds is 2. The van der Waals surface area contributed by atoms with Crippen molar-refractivity contribution in [2.45, 2.75) is 5.03 Å². The third-order valence-electron chi connectivity index (χ3n) is 2.01. The molecule has 5 heteroatoms. The lowest BCUT2D eigenvalue weighted by Crippen LogP contribution is -2.05. The van der Waals surface area contributed by atoms with Crippen molar-refractivity contribution in [2.24, 2.45) is 0 Å². The van der Waals surface area contributed by atoms with Crippen molar-refractivity contribution < 1.29 is 13.0 Å². The topological polar surface area (TPSA) is 59.3 Å². The molecule has 0 fully saturated rings. The fraction of sp³-hybridized carbons (Fsp3) is 0. The maximum atomic E-state index is 11.0. The molecule has 1 heterocycles. The summed E-state index contributed by atoms with van der Waals surface area (Å²) in [7, 11) is -4.18. The Labute approximate surface area is 87.5 Å². The Morgan fingerprint density at radius 1 is 1.00 bits per heavy atom. The number of nitrogens with zero attached hydrogens (tertiary/aromatic N) is 1. The van der Waals surface area contributed by atoms with Gasteiger partial charge in [0.15, 0.2) is 5.03 Å². The van der Waals surface area contributed by atoms with Crippen LogP contribution in [0.15, 0.2) is 53.7 Å². The van der Waals surface area contributed by atoms with E-state index in [4.69, 9.17) is 4.55 Å². The van der Waals surface area contributed by atoms with Crippen molar-refractivity contribution in [2.75, 3.05) is 0 Å². The summed E-state index contributed by atoms with van der Waals surface area (Å²) in [5.74, 6) is 0. The minimum absolute atomic E-state index is 0.131. The molecule has 1 N–H and O–H groups in total. The van der Waals surface area contributed by atoms with E-state index < -0.39 is 10.1 Å². The highest BCUT2D eigenvalue weighted by Gasteiger charge is 2.14. The Morgan fingerprint density at radius 3 is 2.27 bits per heavy atom. The fourth-order valence-corrected chi connectivity index (χ4v) is 2.04. The second-order valence-electron chi connectivity index (χ2n) is 3.03. The third kappa shape index (κ3) is 1.93. The number of para-hydroxylation sites is 1. The van der Waals surface area contributed by atoms with E-state index in [9.17, 15) is 8.42 Å². The first-order valence-electron chi connectivity index (χ1n) is 4.29. The van der Waals surface area contributed by atoms with Crippen LogP contribution in [0.1, 0.15) is 0 Å². The van der Waals surface area contributed by atoms with Crippen molar-refractivity contribution in [1.29, 1.82) is 0 Å². The van der Waals surface area contributed by atoms with Crippen LogP contribution in [-0.2, 0) is 10.1 Å². The number of benzene rings is 1. The van der Waals surface area contributed by atoms with Gasteiger partial charge in [-0.2, -0.15) is 8.42 Å². The molecule has 0 amide bonds. The summed E-state index contributed by atoms with van der Waals surface area (Å²) in [6.45, 7) is 0. The predicted molar refractivity (Wildman–Crippen MR) is 55.6 cm³/mol. The first-order chi connectivity index (χ1) is 7.09. The van der Waals surface area contributed by atoms with E-state index in [1.807, 2.05) is 6.07 Å². The lowest BCUT2D eigenvalue weighted by molar-refractivity contribution is 0.477. The van der Waals surface area contributed by atoms with Crippen molar-refractivity contribution in [3.05, 3.63) is 48.7 Å². The van der Waals surface area contributed by atoms with E-state index in [0.29, 0.717) is 5.69 Å². The van der Waals surface area contributed by atoms with Gasteiger partial charge in [0.25, 0.3) is 0 Å². The quantitative estimate of drug-likeness (QED) is 0.789. The van der Waals surface area contributed by atoms with Gasteiger partial charge in [0, 0.05) is 11.9 Å². The largest absolute Gasteiger partial charge is 0.310 e. The van der Waals surface area contributed by atoms with Gasteiger partial charge in [-0.3, -0.25) is 4.55 Å². The molecule has 1 aromatic heterocycles. The van der Waals surface area contributed by atoms with Gasteiger partial charge in [0.1, 0.15) is 0 Å². The molecule has 0 unspecified atom stereocenters. The molecule has 0 bridgehead atoms. The van der Waals surface area contributed by atoms with Gasteiger partial charge in [-0.05, 0) is 24.3 Å². The smallest absolute Gasteiger partial charge is 0.306 e. The van der Waals surface area contributed by atoms with Gasteiger partial charge in [0.05, 0.1) is 0 Å². The summed E-state index contributed by atoms with van der Waals surface area (Å²) in [4.78, 5) is 0. The molecule has 0 spiro atoms. The van der Waals surface area contributed by atoms with Gasteiger partial charge in [-0.1, -0.05) is 18.2 Å². The molecular formula is C10H9NO3S. The van der Waals surface area contributed by atoms with Gasteiger partial charge in [-0.15, -0.1) is 0 Å². The molecule has 0 atom stereocenters. The van der Waals surface area contributed by atoms with E-state index in [1.54, 1.807) is 36.5 Å². The van der Waals surface area contributed by atoms with Crippen molar-refractivity contribution in [3.8, 4) is 5.69 Å². The summed E-state index contributed by atoms with van der Waals surface area (Å²) in [5, 5.41) is -0.131. The van der Waals surface area contributed by atoms with Crippen LogP contribution in [0.3, 0.4) is 0 Å². The molecule has 0 aliphatic heterocycles. The van der Waals surface area contributed by atoms with Crippen LogP contribution in [0.5, 0.6) is 0 Å². The molecule has 0 saturated carbocycles. The minimum atomic E-state index is -4.18. The normalized spacial score (nSPS) is 11.5. The zero-order valence-corrected chi connectivity index (χ0v) is 8.55. The first-order valence-corrected chi connectivity index (χ1v) is 5.73. The van der Waals surface area contributed by atoms with Crippen LogP contribution < -0.4 is 0 Å². The van der Waals surface area contributed by atoms with E-state index in [0.717, 1.165) is 0 Å². The monoisotopic (exact) mass is 223 g/mol. The zero-order chi connectivity index (χ0) is 10.9. The van der Waals surface area contributed by atoms with Crippen LogP contribution in [0.25, 0.3) is 5.69 Å². The summed E-state index contributed by atoms with van der Waals surface area (Å²) in [6, 6.07) is 11.9. The van der Waals surface area contributed by atoms with Crippen molar-refractivity contribution >= 4 is 10.1 Å². The second-order valence-corrected chi connectivity index (χ2v) is 4.40. The summed E-state index contributed by atoms with van der Waals surface area (Å²) >= 11 is 0. The van der Waals surface area contributed by atoms with E-state index >= 15 is 0 Å². The van der Waals surface area contributed by atoms with E-state index in [1.165, 1.54) is 10.6 Å². The summed E-state index contributed by atoms with van der Waals surface area (Å²) in [5.41, 5.74) is 0.690. The molecule has 2 aromatic rings. The SMILES string of the molecule is O=S(=O)(O)c1cccn1-c1ccccc1. The Bertz CT molecular complexity index is 557. The first kappa shape index (κ1) is 9.95. The highest BCUT2D eigenvalue weighted by Crippen LogP contribution is 2.16. The average molecular weight is 223 g/mol. The summed E-state index contributed by atoms with van der Waals surface area (Å²) in [6.07, 6.45) is 1.58. The molecular weight excluding hydrogens is 214 g/mol. The van der Waals surface area contributed by atoms with Crippen LogP contribution >= 0.6 is 0 Å². The van der Waals surface area contributed by atoms with Gasteiger partial charge in [-0.25, -0.2) is 0 Å². The molecule has 15 heavy (non-hydrogen) atoms. The maximum Gasteiger partial charge on any atom is 0.310 e. The maximum absolute atomic E-state index is 11.0. The van der Waals surface area contributed by atoms with Gasteiger partial charge >= 0.3 is 10.1 Å². The van der Waals surface area contributed by atoms with Crippen LogP contribution in [-0.4, -0.2) is 17.5 Å². The number of aromatic nitrogens is 1. The zero-order valence-electron chi connectivity index (χ0n) is 7.74. The predicted octanol–water partition coefficient (Wildman–Crippen LogP) is 1.72. The van der Waals surface area contributed by atoms with Crippen LogP contribution in [0.2, 0.25) is 0 Å². The van der Waals surface area contributed by atoms with Gasteiger partial charge < -0.3 is 4.57 Å². The Morgan fingerprint density at radius 2 is 1.67 bits per heavy atom. The van der Waals surface area contributed by atoms with Crippen LogP contribution in [0.4, 0.5) is 0 Å². The molecule has 1 aromatic carbocycles. The Balaban J connectivity index is 2.61. The number of hydrogen-bond acceptors (Lipinski definition) is 2. The molecule has 78 valence electrons. The molecule has 4 nitrogen and oxygen atoms in total. The summed E-state index contributed by atoms with van der Waals surface area (Å²) < 4.78 is 32.4. The third-order valence-corrected chi connectivity index (χ3v) is 2.87. The highest BCUT2D eigenvalue weighted by molar-refractivity contribution is 7.85. The minimum Gasteiger partial charge on any atom is -0.306 e.